The van der Waals surface area contributed by atoms with Crippen molar-refractivity contribution in [1.29, 1.82) is 0 Å². The zero-order chi connectivity index (χ0) is 13.2. The molecule has 1 saturated carbocycles. The zero-order valence-electron chi connectivity index (χ0n) is 11.8. The SMILES string of the molecule is CCCCCCCCCC(O)/C=C1/CCCC1=O. The highest BCUT2D eigenvalue weighted by atomic mass is 16.3. The van der Waals surface area contributed by atoms with Crippen LogP contribution in [-0.2, 0) is 4.79 Å². The maximum atomic E-state index is 11.4. The molecular formula is C16H28O2. The lowest BCUT2D eigenvalue weighted by Crippen LogP contribution is -2.05. The van der Waals surface area contributed by atoms with Gasteiger partial charge in [-0.1, -0.05) is 51.9 Å². The van der Waals surface area contributed by atoms with Gasteiger partial charge in [0.05, 0.1) is 6.10 Å². The van der Waals surface area contributed by atoms with Gasteiger partial charge in [-0.3, -0.25) is 4.79 Å². The molecule has 0 amide bonds. The molecule has 104 valence electrons. The van der Waals surface area contributed by atoms with Crippen LogP contribution in [0.3, 0.4) is 0 Å². The summed E-state index contributed by atoms with van der Waals surface area (Å²) in [7, 11) is 0. The highest BCUT2D eigenvalue weighted by molar-refractivity contribution is 5.97. The molecule has 0 aliphatic heterocycles. The van der Waals surface area contributed by atoms with E-state index in [2.05, 4.69) is 6.92 Å². The molecule has 2 heteroatoms. The molecule has 0 bridgehead atoms. The van der Waals surface area contributed by atoms with E-state index in [1.807, 2.05) is 0 Å². The fourth-order valence-corrected chi connectivity index (χ4v) is 2.54. The van der Waals surface area contributed by atoms with E-state index in [1.165, 1.54) is 38.5 Å². The molecular weight excluding hydrogens is 224 g/mol. The van der Waals surface area contributed by atoms with Crippen molar-refractivity contribution in [2.45, 2.75) is 83.7 Å². The number of hydrogen-bond donors (Lipinski definition) is 1. The van der Waals surface area contributed by atoms with Crippen LogP contribution >= 0.6 is 0 Å². The monoisotopic (exact) mass is 252 g/mol. The third-order valence-corrected chi connectivity index (χ3v) is 3.71. The number of hydrogen-bond acceptors (Lipinski definition) is 2. The second-order valence-corrected chi connectivity index (χ2v) is 5.45. The fraction of sp³-hybridized carbons (Fsp3) is 0.812. The second kappa shape index (κ2) is 9.32. The molecule has 0 saturated heterocycles. The van der Waals surface area contributed by atoms with E-state index < -0.39 is 6.10 Å². The van der Waals surface area contributed by atoms with Gasteiger partial charge in [0.1, 0.15) is 0 Å². The minimum atomic E-state index is -0.405. The van der Waals surface area contributed by atoms with Crippen LogP contribution in [0.25, 0.3) is 0 Å². The highest BCUT2D eigenvalue weighted by Crippen LogP contribution is 2.21. The minimum Gasteiger partial charge on any atom is -0.389 e. The van der Waals surface area contributed by atoms with Crippen molar-refractivity contribution in [3.05, 3.63) is 11.6 Å². The van der Waals surface area contributed by atoms with Crippen molar-refractivity contribution in [2.75, 3.05) is 0 Å². The lowest BCUT2D eigenvalue weighted by molar-refractivity contribution is -0.114. The average molecular weight is 252 g/mol. The first-order chi connectivity index (χ1) is 8.74. The van der Waals surface area contributed by atoms with Crippen LogP contribution in [0.5, 0.6) is 0 Å². The molecule has 2 nitrogen and oxygen atoms in total. The number of allylic oxidation sites excluding steroid dienone is 1. The molecule has 0 aromatic carbocycles. The van der Waals surface area contributed by atoms with Crippen LogP contribution in [0.2, 0.25) is 0 Å². The van der Waals surface area contributed by atoms with Crippen molar-refractivity contribution in [2.24, 2.45) is 0 Å². The molecule has 1 N–H and O–H groups in total. The Kier molecular flexibility index (Phi) is 7.99. The summed E-state index contributed by atoms with van der Waals surface area (Å²) in [4.78, 5) is 11.4. The van der Waals surface area contributed by atoms with Crippen molar-refractivity contribution in [1.82, 2.24) is 0 Å². The van der Waals surface area contributed by atoms with Gasteiger partial charge in [0.25, 0.3) is 0 Å². The van der Waals surface area contributed by atoms with Gasteiger partial charge in [-0.15, -0.1) is 0 Å². The summed E-state index contributed by atoms with van der Waals surface area (Å²) in [5.41, 5.74) is 0.866. The van der Waals surface area contributed by atoms with Crippen LogP contribution in [-0.4, -0.2) is 17.0 Å². The first kappa shape index (κ1) is 15.4. The molecule has 1 fully saturated rings. The molecule has 1 atom stereocenters. The average Bonchev–Trinajstić information content (AvgIpc) is 2.74. The maximum absolute atomic E-state index is 11.4. The van der Waals surface area contributed by atoms with Gasteiger partial charge < -0.3 is 5.11 Å². The van der Waals surface area contributed by atoms with Crippen molar-refractivity contribution in [3.63, 3.8) is 0 Å². The van der Waals surface area contributed by atoms with Gasteiger partial charge in [0.15, 0.2) is 5.78 Å². The molecule has 0 heterocycles. The summed E-state index contributed by atoms with van der Waals surface area (Å²) in [6.07, 6.45) is 13.6. The van der Waals surface area contributed by atoms with Gasteiger partial charge in [0.2, 0.25) is 0 Å². The van der Waals surface area contributed by atoms with Gasteiger partial charge >= 0.3 is 0 Å². The lowest BCUT2D eigenvalue weighted by atomic mass is 10.0. The molecule has 1 aliphatic carbocycles. The Morgan fingerprint density at radius 2 is 1.78 bits per heavy atom. The number of ketones is 1. The van der Waals surface area contributed by atoms with Crippen LogP contribution in [0.15, 0.2) is 11.6 Å². The highest BCUT2D eigenvalue weighted by Gasteiger charge is 2.17. The molecule has 1 rings (SSSR count). The Balaban J connectivity index is 2.03. The van der Waals surface area contributed by atoms with Crippen molar-refractivity contribution >= 4 is 5.78 Å². The predicted molar refractivity (Wildman–Crippen MR) is 75.6 cm³/mol. The molecule has 0 spiro atoms. The van der Waals surface area contributed by atoms with Crippen molar-refractivity contribution in [3.8, 4) is 0 Å². The summed E-state index contributed by atoms with van der Waals surface area (Å²) in [5.74, 6) is 0.244. The third-order valence-electron chi connectivity index (χ3n) is 3.71. The first-order valence-electron chi connectivity index (χ1n) is 7.66. The summed E-state index contributed by atoms with van der Waals surface area (Å²) >= 11 is 0. The van der Waals surface area contributed by atoms with E-state index in [1.54, 1.807) is 6.08 Å². The van der Waals surface area contributed by atoms with E-state index in [4.69, 9.17) is 0 Å². The number of unbranched alkanes of at least 4 members (excludes halogenated alkanes) is 6. The summed E-state index contributed by atoms with van der Waals surface area (Å²) in [5, 5.41) is 9.84. The van der Waals surface area contributed by atoms with E-state index in [-0.39, 0.29) is 5.78 Å². The molecule has 0 aromatic heterocycles. The molecule has 1 aliphatic rings. The van der Waals surface area contributed by atoms with E-state index in [9.17, 15) is 9.90 Å². The van der Waals surface area contributed by atoms with Crippen molar-refractivity contribution < 1.29 is 9.90 Å². The first-order valence-corrected chi connectivity index (χ1v) is 7.66. The zero-order valence-corrected chi connectivity index (χ0v) is 11.8. The Hall–Kier alpha value is -0.630. The second-order valence-electron chi connectivity index (χ2n) is 5.45. The smallest absolute Gasteiger partial charge is 0.158 e. The molecule has 1 unspecified atom stereocenters. The number of carbonyl (C=O) groups is 1. The normalized spacial score (nSPS) is 19.7. The quantitative estimate of drug-likeness (QED) is 0.494. The molecule has 0 radical (unpaired) electrons. The van der Waals surface area contributed by atoms with Gasteiger partial charge in [-0.05, 0) is 30.9 Å². The Bertz CT molecular complexity index is 268. The summed E-state index contributed by atoms with van der Waals surface area (Å²) in [6.45, 7) is 2.23. The van der Waals surface area contributed by atoms with Gasteiger partial charge in [-0.25, -0.2) is 0 Å². The summed E-state index contributed by atoms with van der Waals surface area (Å²) in [6, 6.07) is 0. The molecule has 0 aromatic rings. The summed E-state index contributed by atoms with van der Waals surface area (Å²) < 4.78 is 0. The number of carbonyl (C=O) groups excluding carboxylic acids is 1. The topological polar surface area (TPSA) is 37.3 Å². The standard InChI is InChI=1S/C16H28O2/c1-2-3-4-5-6-7-8-11-15(17)13-14-10-9-12-16(14)18/h13,15,17H,2-12H2,1H3/b14-13-. The lowest BCUT2D eigenvalue weighted by Gasteiger charge is -2.06. The van der Waals surface area contributed by atoms with E-state index in [0.29, 0.717) is 6.42 Å². The van der Waals surface area contributed by atoms with Crippen LogP contribution in [0.4, 0.5) is 0 Å². The van der Waals surface area contributed by atoms with E-state index in [0.717, 1.165) is 31.3 Å². The van der Waals surface area contributed by atoms with Crippen LogP contribution in [0.1, 0.15) is 77.6 Å². The predicted octanol–water partition coefficient (Wildman–Crippen LogP) is 4.17. The van der Waals surface area contributed by atoms with Crippen LogP contribution < -0.4 is 0 Å². The Morgan fingerprint density at radius 1 is 1.11 bits per heavy atom. The fourth-order valence-electron chi connectivity index (χ4n) is 2.54. The number of aliphatic hydroxyl groups is 1. The Labute approximate surface area is 111 Å². The number of aliphatic hydroxyl groups excluding tert-OH is 1. The largest absolute Gasteiger partial charge is 0.389 e. The third kappa shape index (κ3) is 6.34. The van der Waals surface area contributed by atoms with Gasteiger partial charge in [-0.2, -0.15) is 0 Å². The number of Topliss-reactive ketones (excluding diaryl/α,β-unsaturated/α-hetero) is 1. The maximum Gasteiger partial charge on any atom is 0.158 e. The minimum absolute atomic E-state index is 0.244. The van der Waals surface area contributed by atoms with E-state index >= 15 is 0 Å². The molecule has 18 heavy (non-hydrogen) atoms. The van der Waals surface area contributed by atoms with Gasteiger partial charge in [0, 0.05) is 6.42 Å². The Morgan fingerprint density at radius 3 is 2.39 bits per heavy atom. The van der Waals surface area contributed by atoms with Crippen LogP contribution in [0, 0.1) is 0 Å². The number of rotatable bonds is 9.